The van der Waals surface area contributed by atoms with Gasteiger partial charge in [0.05, 0.1) is 18.6 Å². The fourth-order valence-corrected chi connectivity index (χ4v) is 6.44. The summed E-state index contributed by atoms with van der Waals surface area (Å²) in [4.78, 5) is 16.1. The predicted octanol–water partition coefficient (Wildman–Crippen LogP) is 4.99. The second-order valence-corrected chi connectivity index (χ2v) is 10.2. The van der Waals surface area contributed by atoms with Gasteiger partial charge in [-0.1, -0.05) is 30.3 Å². The summed E-state index contributed by atoms with van der Waals surface area (Å²) >= 11 is 1.58. The Hall–Kier alpha value is -2.61. The van der Waals surface area contributed by atoms with Gasteiger partial charge in [0.2, 0.25) is 5.91 Å². The Balaban J connectivity index is 1.35. The van der Waals surface area contributed by atoms with Crippen molar-refractivity contribution in [3.8, 4) is 0 Å². The van der Waals surface area contributed by atoms with Gasteiger partial charge in [0.15, 0.2) is 0 Å². The molecule has 2 aromatic carbocycles. The minimum absolute atomic E-state index is 0.0135. The summed E-state index contributed by atoms with van der Waals surface area (Å²) in [6.45, 7) is 1.85. The average Bonchev–Trinajstić information content (AvgIpc) is 3.43. The third kappa shape index (κ3) is 4.28. The number of hydrogen-bond acceptors (Lipinski definition) is 4. The Kier molecular flexibility index (Phi) is 6.51. The molecule has 4 nitrogen and oxygen atoms in total. The monoisotopic (exact) mass is 482 g/mol. The second kappa shape index (κ2) is 9.56. The average molecular weight is 483 g/mol. The molecule has 5 rings (SSSR count). The molecule has 0 bridgehead atoms. The van der Waals surface area contributed by atoms with Gasteiger partial charge < -0.3 is 10.1 Å². The number of benzene rings is 2. The zero-order valence-electron chi connectivity index (χ0n) is 19.1. The van der Waals surface area contributed by atoms with Crippen LogP contribution in [0.3, 0.4) is 0 Å². The number of piperidine rings is 1. The van der Waals surface area contributed by atoms with Gasteiger partial charge in [0.25, 0.3) is 0 Å². The standard InChI is InChI=1S/C27H28F2N2O2S/c1-33-26-25(30-24(32)16-20-5-4-14-34-20)21-6-2-3-7-22(21)27(26)10-12-31(13-11-27)17-18-15-19(28)8-9-23(18)29/h2-9,14-15,25-26H,10-13,16-17H2,1H3,(H,30,32)/t25-,26+/m0/s1. The maximum Gasteiger partial charge on any atom is 0.225 e. The summed E-state index contributed by atoms with van der Waals surface area (Å²) in [6.07, 6.45) is 1.80. The first-order valence-electron chi connectivity index (χ1n) is 11.6. The van der Waals surface area contributed by atoms with Gasteiger partial charge in [-0.15, -0.1) is 11.3 Å². The molecule has 1 amide bonds. The number of likely N-dealkylation sites (tertiary alicyclic amines) is 1. The van der Waals surface area contributed by atoms with Gasteiger partial charge in [-0.2, -0.15) is 0 Å². The fourth-order valence-electron chi connectivity index (χ4n) is 5.74. The van der Waals surface area contributed by atoms with Crippen molar-refractivity contribution in [1.82, 2.24) is 10.2 Å². The molecule has 1 aliphatic heterocycles. The van der Waals surface area contributed by atoms with Gasteiger partial charge in [-0.3, -0.25) is 9.69 Å². The van der Waals surface area contributed by atoms with Crippen molar-refractivity contribution >= 4 is 17.2 Å². The first-order valence-corrected chi connectivity index (χ1v) is 12.5. The van der Waals surface area contributed by atoms with Crippen molar-refractivity contribution in [3.05, 3.63) is 93.2 Å². The third-order valence-corrected chi connectivity index (χ3v) is 8.19. The van der Waals surface area contributed by atoms with E-state index in [2.05, 4.69) is 22.3 Å². The molecule has 0 radical (unpaired) electrons. The Morgan fingerprint density at radius 1 is 1.15 bits per heavy atom. The number of hydrogen-bond donors (Lipinski definition) is 1. The van der Waals surface area contributed by atoms with Gasteiger partial charge in [-0.05, 0) is 66.7 Å². The molecule has 178 valence electrons. The number of carbonyl (C=O) groups is 1. The maximum atomic E-state index is 14.2. The van der Waals surface area contributed by atoms with Crippen LogP contribution in [0.4, 0.5) is 8.78 Å². The normalized spacial score (nSPS) is 21.5. The van der Waals surface area contributed by atoms with Crippen LogP contribution in [0.15, 0.2) is 60.0 Å². The lowest BCUT2D eigenvalue weighted by Gasteiger charge is -2.44. The van der Waals surface area contributed by atoms with Crippen LogP contribution in [-0.4, -0.2) is 37.1 Å². The van der Waals surface area contributed by atoms with E-state index in [4.69, 9.17) is 4.74 Å². The molecule has 1 aliphatic carbocycles. The quantitative estimate of drug-likeness (QED) is 0.538. The zero-order chi connectivity index (χ0) is 23.7. The maximum absolute atomic E-state index is 14.2. The van der Waals surface area contributed by atoms with E-state index in [1.807, 2.05) is 29.6 Å². The Morgan fingerprint density at radius 3 is 2.68 bits per heavy atom. The lowest BCUT2D eigenvalue weighted by molar-refractivity contribution is -0.122. The molecule has 34 heavy (non-hydrogen) atoms. The van der Waals surface area contributed by atoms with E-state index >= 15 is 0 Å². The molecule has 3 aromatic rings. The van der Waals surface area contributed by atoms with E-state index in [9.17, 15) is 13.6 Å². The smallest absolute Gasteiger partial charge is 0.225 e. The lowest BCUT2D eigenvalue weighted by atomic mass is 9.72. The van der Waals surface area contributed by atoms with Crippen molar-refractivity contribution < 1.29 is 18.3 Å². The summed E-state index contributed by atoms with van der Waals surface area (Å²) in [7, 11) is 1.71. The van der Waals surface area contributed by atoms with Crippen LogP contribution in [-0.2, 0) is 27.9 Å². The number of thiophene rings is 1. The number of ether oxygens (including phenoxy) is 1. The summed E-state index contributed by atoms with van der Waals surface area (Å²) in [5.74, 6) is -0.813. The van der Waals surface area contributed by atoms with Crippen molar-refractivity contribution in [1.29, 1.82) is 0 Å². The Labute approximate surface area is 202 Å². The number of nitrogens with one attached hydrogen (secondary N) is 1. The van der Waals surface area contributed by atoms with Gasteiger partial charge in [-0.25, -0.2) is 8.78 Å². The van der Waals surface area contributed by atoms with Crippen molar-refractivity contribution in [3.63, 3.8) is 0 Å². The Bertz CT molecular complexity index is 1160. The van der Waals surface area contributed by atoms with Crippen LogP contribution < -0.4 is 5.32 Å². The van der Waals surface area contributed by atoms with Crippen LogP contribution in [0.5, 0.6) is 0 Å². The number of halogens is 2. The summed E-state index contributed by atoms with van der Waals surface area (Å²) < 4.78 is 33.9. The molecule has 7 heteroatoms. The van der Waals surface area contributed by atoms with Crippen LogP contribution in [0.1, 0.15) is 40.5 Å². The highest BCUT2D eigenvalue weighted by atomic mass is 32.1. The predicted molar refractivity (Wildman–Crippen MR) is 129 cm³/mol. The van der Waals surface area contributed by atoms with Crippen LogP contribution in [0, 0.1) is 11.6 Å². The third-order valence-electron chi connectivity index (χ3n) is 7.31. The molecule has 0 unspecified atom stereocenters. The summed E-state index contributed by atoms with van der Waals surface area (Å²) in [6, 6.07) is 15.6. The molecule has 1 aromatic heterocycles. The number of methoxy groups -OCH3 is 1. The van der Waals surface area contributed by atoms with Gasteiger partial charge in [0, 0.05) is 29.5 Å². The van der Waals surface area contributed by atoms with E-state index in [0.717, 1.165) is 42.4 Å². The Morgan fingerprint density at radius 2 is 1.94 bits per heavy atom. The minimum Gasteiger partial charge on any atom is -0.378 e. The highest BCUT2D eigenvalue weighted by Gasteiger charge is 2.53. The topological polar surface area (TPSA) is 41.6 Å². The number of nitrogens with zero attached hydrogens (tertiary/aromatic N) is 1. The minimum atomic E-state index is -0.421. The molecule has 2 atom stereocenters. The molecule has 1 saturated heterocycles. The molecular weight excluding hydrogens is 454 g/mol. The number of carbonyl (C=O) groups excluding carboxylic acids is 1. The largest absolute Gasteiger partial charge is 0.378 e. The summed E-state index contributed by atoms with van der Waals surface area (Å²) in [5, 5.41) is 5.22. The highest BCUT2D eigenvalue weighted by Crippen LogP contribution is 2.52. The van der Waals surface area contributed by atoms with E-state index < -0.39 is 5.82 Å². The van der Waals surface area contributed by atoms with E-state index in [-0.39, 0.29) is 29.3 Å². The first-order chi connectivity index (χ1) is 16.5. The molecule has 2 aliphatic rings. The van der Waals surface area contributed by atoms with Gasteiger partial charge in [0.1, 0.15) is 11.6 Å². The first kappa shape index (κ1) is 23.1. The summed E-state index contributed by atoms with van der Waals surface area (Å²) in [5.41, 5.74) is 2.48. The van der Waals surface area contributed by atoms with E-state index in [0.29, 0.717) is 18.5 Å². The van der Waals surface area contributed by atoms with E-state index in [1.54, 1.807) is 18.4 Å². The number of amides is 1. The zero-order valence-corrected chi connectivity index (χ0v) is 19.9. The van der Waals surface area contributed by atoms with Crippen LogP contribution in [0.2, 0.25) is 0 Å². The molecule has 1 spiro atoms. The van der Waals surface area contributed by atoms with Gasteiger partial charge >= 0.3 is 0 Å². The molecule has 1 fully saturated rings. The second-order valence-electron chi connectivity index (χ2n) is 9.21. The molecule has 0 saturated carbocycles. The van der Waals surface area contributed by atoms with Crippen molar-refractivity contribution in [2.75, 3.05) is 20.2 Å². The fraction of sp³-hybridized carbons (Fsp3) is 0.370. The van der Waals surface area contributed by atoms with Crippen LogP contribution in [0.25, 0.3) is 0 Å². The SMILES string of the molecule is CO[C@@H]1[C@@H](NC(=O)Cc2cccs2)c2ccccc2C12CCN(Cc1cc(F)ccc1F)CC2. The van der Waals surface area contributed by atoms with E-state index in [1.165, 1.54) is 17.7 Å². The number of rotatable bonds is 6. The lowest BCUT2D eigenvalue weighted by Crippen LogP contribution is -2.50. The van der Waals surface area contributed by atoms with Crippen molar-refractivity contribution in [2.45, 2.75) is 43.4 Å². The molecular formula is C27H28F2N2O2S. The highest BCUT2D eigenvalue weighted by molar-refractivity contribution is 7.10. The molecule has 2 heterocycles. The van der Waals surface area contributed by atoms with Crippen LogP contribution >= 0.6 is 11.3 Å². The number of fused-ring (bicyclic) bond motifs is 2. The molecule has 1 N–H and O–H groups in total. The van der Waals surface area contributed by atoms with Crippen molar-refractivity contribution in [2.24, 2.45) is 0 Å².